The van der Waals surface area contributed by atoms with Gasteiger partial charge < -0.3 is 10.2 Å². The number of carbonyl (C=O) groups excluding carboxylic acids is 2. The van der Waals surface area contributed by atoms with Crippen molar-refractivity contribution in [3.05, 3.63) is 24.3 Å². The zero-order chi connectivity index (χ0) is 14.4. The number of nitrogens with zero attached hydrogens (tertiary/aromatic N) is 1. The summed E-state index contributed by atoms with van der Waals surface area (Å²) in [5.41, 5.74) is 0.975. The lowest BCUT2D eigenvalue weighted by atomic mass is 10.2. The van der Waals surface area contributed by atoms with E-state index in [1.54, 1.807) is 16.7 Å². The molecule has 0 aromatic heterocycles. The van der Waals surface area contributed by atoms with Crippen LogP contribution in [0.3, 0.4) is 0 Å². The first-order chi connectivity index (χ1) is 9.72. The van der Waals surface area contributed by atoms with E-state index in [4.69, 9.17) is 0 Å². The van der Waals surface area contributed by atoms with E-state index in [-0.39, 0.29) is 11.8 Å². The maximum Gasteiger partial charge on any atom is 0.237 e. The SMILES string of the molecule is CCCNC(=O)CCCN1C(=O)CSc2ccccc21. The molecule has 5 heteroatoms. The first kappa shape index (κ1) is 14.9. The van der Waals surface area contributed by atoms with Gasteiger partial charge in [-0.3, -0.25) is 9.59 Å². The molecule has 1 aliphatic rings. The summed E-state index contributed by atoms with van der Waals surface area (Å²) in [4.78, 5) is 26.5. The lowest BCUT2D eigenvalue weighted by Crippen LogP contribution is -2.36. The highest BCUT2D eigenvalue weighted by molar-refractivity contribution is 8.00. The third-order valence-electron chi connectivity index (χ3n) is 3.17. The summed E-state index contributed by atoms with van der Waals surface area (Å²) >= 11 is 1.58. The zero-order valence-electron chi connectivity index (χ0n) is 11.7. The number of rotatable bonds is 6. The molecule has 0 saturated carbocycles. The Balaban J connectivity index is 1.89. The van der Waals surface area contributed by atoms with Gasteiger partial charge in [-0.2, -0.15) is 0 Å². The highest BCUT2D eigenvalue weighted by Crippen LogP contribution is 2.34. The van der Waals surface area contributed by atoms with Crippen molar-refractivity contribution < 1.29 is 9.59 Å². The van der Waals surface area contributed by atoms with E-state index >= 15 is 0 Å². The second kappa shape index (κ2) is 7.33. The molecule has 0 radical (unpaired) electrons. The number of para-hydroxylation sites is 1. The van der Waals surface area contributed by atoms with Gasteiger partial charge in [0.05, 0.1) is 11.4 Å². The van der Waals surface area contributed by atoms with Gasteiger partial charge >= 0.3 is 0 Å². The van der Waals surface area contributed by atoms with Gasteiger partial charge in [0.15, 0.2) is 0 Å². The van der Waals surface area contributed by atoms with Crippen LogP contribution in [0, 0.1) is 0 Å². The Labute approximate surface area is 123 Å². The van der Waals surface area contributed by atoms with Crippen LogP contribution in [0.25, 0.3) is 0 Å². The van der Waals surface area contributed by atoms with Crippen molar-refractivity contribution in [2.45, 2.75) is 31.1 Å². The first-order valence-electron chi connectivity index (χ1n) is 7.01. The minimum atomic E-state index is 0.0685. The standard InChI is InChI=1S/C15H20N2O2S/c1-2-9-16-14(18)8-5-10-17-12-6-3-4-7-13(12)20-11-15(17)19/h3-4,6-7H,2,5,8-11H2,1H3,(H,16,18). The number of hydrogen-bond donors (Lipinski definition) is 1. The molecule has 2 amide bonds. The van der Waals surface area contributed by atoms with Crippen molar-refractivity contribution in [2.24, 2.45) is 0 Å². The van der Waals surface area contributed by atoms with Crippen molar-refractivity contribution in [1.82, 2.24) is 5.32 Å². The molecule has 1 heterocycles. The predicted molar refractivity (Wildman–Crippen MR) is 82.1 cm³/mol. The molecule has 0 aliphatic carbocycles. The molecule has 0 atom stereocenters. The zero-order valence-corrected chi connectivity index (χ0v) is 12.5. The van der Waals surface area contributed by atoms with Crippen molar-refractivity contribution in [1.29, 1.82) is 0 Å². The Hall–Kier alpha value is -1.49. The van der Waals surface area contributed by atoms with E-state index < -0.39 is 0 Å². The van der Waals surface area contributed by atoms with Gasteiger partial charge in [0.1, 0.15) is 0 Å². The fraction of sp³-hybridized carbons (Fsp3) is 0.467. The minimum absolute atomic E-state index is 0.0685. The Bertz CT molecular complexity index is 491. The number of amides is 2. The highest BCUT2D eigenvalue weighted by atomic mass is 32.2. The van der Waals surface area contributed by atoms with Crippen molar-refractivity contribution in [2.75, 3.05) is 23.7 Å². The Morgan fingerprint density at radius 1 is 1.40 bits per heavy atom. The normalized spacial score (nSPS) is 14.1. The van der Waals surface area contributed by atoms with Crippen LogP contribution in [0.15, 0.2) is 29.2 Å². The first-order valence-corrected chi connectivity index (χ1v) is 8.00. The van der Waals surface area contributed by atoms with Crippen LogP contribution in [0.4, 0.5) is 5.69 Å². The van der Waals surface area contributed by atoms with Gasteiger partial charge in [-0.25, -0.2) is 0 Å². The average molecular weight is 292 g/mol. The summed E-state index contributed by atoms with van der Waals surface area (Å²) in [6.45, 7) is 3.36. The largest absolute Gasteiger partial charge is 0.356 e. The van der Waals surface area contributed by atoms with Gasteiger partial charge in [-0.1, -0.05) is 19.1 Å². The quantitative estimate of drug-likeness (QED) is 0.876. The van der Waals surface area contributed by atoms with Crippen LogP contribution >= 0.6 is 11.8 Å². The molecule has 0 fully saturated rings. The monoisotopic (exact) mass is 292 g/mol. The van der Waals surface area contributed by atoms with Gasteiger partial charge in [-0.15, -0.1) is 11.8 Å². The van der Waals surface area contributed by atoms with E-state index in [0.29, 0.717) is 25.1 Å². The molecule has 4 nitrogen and oxygen atoms in total. The van der Waals surface area contributed by atoms with Gasteiger partial charge in [0.25, 0.3) is 0 Å². The molecule has 108 valence electrons. The molecule has 1 aliphatic heterocycles. The van der Waals surface area contributed by atoms with E-state index in [2.05, 4.69) is 5.32 Å². The summed E-state index contributed by atoms with van der Waals surface area (Å²) in [5.74, 6) is 0.681. The average Bonchev–Trinajstić information content (AvgIpc) is 2.47. The van der Waals surface area contributed by atoms with Crippen LogP contribution < -0.4 is 10.2 Å². The molecular weight excluding hydrogens is 272 g/mol. The van der Waals surface area contributed by atoms with Crippen LogP contribution in [-0.2, 0) is 9.59 Å². The Morgan fingerprint density at radius 2 is 2.20 bits per heavy atom. The second-order valence-electron chi connectivity index (χ2n) is 4.76. The summed E-state index contributed by atoms with van der Waals surface area (Å²) in [5, 5.41) is 2.85. The molecule has 0 bridgehead atoms. The maximum atomic E-state index is 12.0. The number of fused-ring (bicyclic) bond motifs is 1. The van der Waals surface area contributed by atoms with E-state index in [1.807, 2.05) is 31.2 Å². The lowest BCUT2D eigenvalue weighted by molar-refractivity contribution is -0.121. The number of thioether (sulfide) groups is 1. The Kier molecular flexibility index (Phi) is 5.47. The third-order valence-corrected chi connectivity index (χ3v) is 4.21. The molecule has 0 spiro atoms. The van der Waals surface area contributed by atoms with Crippen LogP contribution in [-0.4, -0.2) is 30.7 Å². The summed E-state index contributed by atoms with van der Waals surface area (Å²) < 4.78 is 0. The molecule has 2 rings (SSSR count). The van der Waals surface area contributed by atoms with E-state index in [9.17, 15) is 9.59 Å². The Morgan fingerprint density at radius 3 is 3.00 bits per heavy atom. The van der Waals surface area contributed by atoms with Crippen molar-refractivity contribution in [3.8, 4) is 0 Å². The van der Waals surface area contributed by atoms with Crippen molar-refractivity contribution >= 4 is 29.3 Å². The molecule has 0 saturated heterocycles. The number of carbonyl (C=O) groups is 2. The van der Waals surface area contributed by atoms with Crippen LogP contribution in [0.2, 0.25) is 0 Å². The third kappa shape index (κ3) is 3.76. The molecule has 20 heavy (non-hydrogen) atoms. The number of hydrogen-bond acceptors (Lipinski definition) is 3. The smallest absolute Gasteiger partial charge is 0.237 e. The molecular formula is C15H20N2O2S. The van der Waals surface area contributed by atoms with Gasteiger partial charge in [-0.05, 0) is 25.0 Å². The number of anilines is 1. The molecule has 1 aromatic carbocycles. The minimum Gasteiger partial charge on any atom is -0.356 e. The lowest BCUT2D eigenvalue weighted by Gasteiger charge is -2.28. The second-order valence-corrected chi connectivity index (χ2v) is 5.77. The maximum absolute atomic E-state index is 12.0. The summed E-state index contributed by atoms with van der Waals surface area (Å²) in [6.07, 6.45) is 2.11. The highest BCUT2D eigenvalue weighted by Gasteiger charge is 2.23. The van der Waals surface area contributed by atoms with Crippen LogP contribution in [0.5, 0.6) is 0 Å². The van der Waals surface area contributed by atoms with E-state index in [0.717, 1.165) is 23.5 Å². The predicted octanol–water partition coefficient (Wildman–Crippen LogP) is 2.43. The van der Waals surface area contributed by atoms with Crippen LogP contribution in [0.1, 0.15) is 26.2 Å². The van der Waals surface area contributed by atoms with Gasteiger partial charge in [0, 0.05) is 24.4 Å². The fourth-order valence-corrected chi connectivity index (χ4v) is 3.09. The topological polar surface area (TPSA) is 49.4 Å². The summed E-state index contributed by atoms with van der Waals surface area (Å²) in [7, 11) is 0. The number of nitrogens with one attached hydrogen (secondary N) is 1. The molecule has 1 N–H and O–H groups in total. The fourth-order valence-electron chi connectivity index (χ4n) is 2.15. The summed E-state index contributed by atoms with van der Waals surface area (Å²) in [6, 6.07) is 7.93. The van der Waals surface area contributed by atoms with E-state index in [1.165, 1.54) is 0 Å². The van der Waals surface area contributed by atoms with Gasteiger partial charge in [0.2, 0.25) is 11.8 Å². The molecule has 0 unspecified atom stereocenters. The van der Waals surface area contributed by atoms with Crippen molar-refractivity contribution in [3.63, 3.8) is 0 Å². The number of benzene rings is 1. The molecule has 1 aromatic rings.